The third-order valence-electron chi connectivity index (χ3n) is 5.36. The summed E-state index contributed by atoms with van der Waals surface area (Å²) < 4.78 is 0. The molecular weight excluding hydrogens is 453 g/mol. The van der Waals surface area contributed by atoms with Crippen LogP contribution in [0, 0.1) is 6.92 Å². The number of aryl methyl sites for hydroxylation is 1. The van der Waals surface area contributed by atoms with E-state index < -0.39 is 17.7 Å². The summed E-state index contributed by atoms with van der Waals surface area (Å²) in [5.74, 6) is -1.48. The van der Waals surface area contributed by atoms with E-state index in [1.165, 1.54) is 11.3 Å². The van der Waals surface area contributed by atoms with E-state index in [4.69, 9.17) is 23.2 Å². The molecule has 1 aliphatic heterocycles. The third-order valence-corrected chi connectivity index (χ3v) is 6.94. The Balaban J connectivity index is 1.75. The zero-order valence-electron chi connectivity index (χ0n) is 16.6. The number of Topliss-reactive ketones (excluding diaryl/α,β-unsaturated/α-hetero) is 1. The van der Waals surface area contributed by atoms with Gasteiger partial charge >= 0.3 is 0 Å². The molecule has 1 N–H and O–H groups in total. The van der Waals surface area contributed by atoms with Gasteiger partial charge in [-0.2, -0.15) is 0 Å². The van der Waals surface area contributed by atoms with Gasteiger partial charge in [0, 0.05) is 27.0 Å². The molecule has 1 unspecified atom stereocenters. The maximum absolute atomic E-state index is 13.0. The number of hydrogen-bond acceptors (Lipinski definition) is 4. The molecule has 31 heavy (non-hydrogen) atoms. The van der Waals surface area contributed by atoms with E-state index in [1.807, 2.05) is 30.5 Å². The molecule has 0 aliphatic carbocycles. The molecule has 1 fully saturated rings. The highest BCUT2D eigenvalue weighted by molar-refractivity contribution is 7.10. The third kappa shape index (κ3) is 4.26. The Kier molecular flexibility index (Phi) is 6.19. The maximum atomic E-state index is 13.0. The van der Waals surface area contributed by atoms with Crippen molar-refractivity contribution in [1.82, 2.24) is 4.90 Å². The smallest absolute Gasteiger partial charge is 0.295 e. The molecule has 4 nitrogen and oxygen atoms in total. The summed E-state index contributed by atoms with van der Waals surface area (Å²) >= 11 is 13.4. The first kappa shape index (κ1) is 21.6. The molecule has 1 saturated heterocycles. The van der Waals surface area contributed by atoms with Crippen LogP contribution in [0.2, 0.25) is 10.0 Å². The Bertz CT molecular complexity index is 1170. The quantitative estimate of drug-likeness (QED) is 0.280. The van der Waals surface area contributed by atoms with E-state index in [0.717, 1.165) is 16.0 Å². The van der Waals surface area contributed by atoms with Crippen molar-refractivity contribution in [1.29, 1.82) is 0 Å². The van der Waals surface area contributed by atoms with Gasteiger partial charge in [-0.3, -0.25) is 9.59 Å². The summed E-state index contributed by atoms with van der Waals surface area (Å²) in [6.07, 6.45) is 0.562. The minimum Gasteiger partial charge on any atom is -0.507 e. The highest BCUT2D eigenvalue weighted by Crippen LogP contribution is 2.42. The minimum atomic E-state index is -0.679. The summed E-state index contributed by atoms with van der Waals surface area (Å²) in [7, 11) is 0. The van der Waals surface area contributed by atoms with Crippen LogP contribution in [-0.2, 0) is 16.0 Å². The molecule has 1 amide bonds. The second-order valence-corrected chi connectivity index (χ2v) is 9.16. The van der Waals surface area contributed by atoms with Crippen LogP contribution in [0.5, 0.6) is 0 Å². The molecular formula is C24H19Cl2NO3S. The number of carbonyl (C=O) groups is 2. The first-order valence-electron chi connectivity index (χ1n) is 9.69. The molecule has 0 saturated carbocycles. The number of halogens is 2. The van der Waals surface area contributed by atoms with E-state index in [9.17, 15) is 14.7 Å². The summed E-state index contributed by atoms with van der Waals surface area (Å²) in [6, 6.07) is 15.3. The molecule has 0 radical (unpaired) electrons. The van der Waals surface area contributed by atoms with Gasteiger partial charge in [-0.25, -0.2) is 0 Å². The van der Waals surface area contributed by atoms with Crippen molar-refractivity contribution in [2.45, 2.75) is 19.4 Å². The average Bonchev–Trinajstić information content (AvgIpc) is 3.28. The lowest BCUT2D eigenvalue weighted by Gasteiger charge is -2.25. The molecule has 158 valence electrons. The van der Waals surface area contributed by atoms with Gasteiger partial charge in [0.2, 0.25) is 0 Å². The zero-order valence-corrected chi connectivity index (χ0v) is 19.0. The lowest BCUT2D eigenvalue weighted by atomic mass is 9.98. The van der Waals surface area contributed by atoms with Gasteiger partial charge in [-0.15, -0.1) is 11.3 Å². The van der Waals surface area contributed by atoms with Crippen molar-refractivity contribution >= 4 is 52.0 Å². The zero-order chi connectivity index (χ0) is 22.1. The fourth-order valence-electron chi connectivity index (χ4n) is 3.71. The number of aliphatic hydroxyl groups is 1. The lowest BCUT2D eigenvalue weighted by Crippen LogP contribution is -2.31. The number of likely N-dealkylation sites (tertiary alicyclic amines) is 1. The van der Waals surface area contributed by atoms with Gasteiger partial charge in [0.1, 0.15) is 5.76 Å². The van der Waals surface area contributed by atoms with Crippen molar-refractivity contribution in [2.75, 3.05) is 6.54 Å². The Morgan fingerprint density at radius 2 is 1.61 bits per heavy atom. The predicted octanol–water partition coefficient (Wildman–Crippen LogP) is 6.03. The fourth-order valence-corrected chi connectivity index (χ4v) is 5.01. The van der Waals surface area contributed by atoms with Crippen LogP contribution in [0.3, 0.4) is 0 Å². The SMILES string of the molecule is Cc1ccsc1C1/C(=C(/O)c2ccc(Cl)cc2)C(=O)C(=O)N1CCc1ccc(Cl)cc1. The summed E-state index contributed by atoms with van der Waals surface area (Å²) in [4.78, 5) is 28.4. The highest BCUT2D eigenvalue weighted by atomic mass is 35.5. The number of benzene rings is 2. The van der Waals surface area contributed by atoms with Gasteiger partial charge in [0.15, 0.2) is 0 Å². The monoisotopic (exact) mass is 471 g/mol. The van der Waals surface area contributed by atoms with E-state index in [-0.39, 0.29) is 11.3 Å². The predicted molar refractivity (Wildman–Crippen MR) is 125 cm³/mol. The van der Waals surface area contributed by atoms with Crippen LogP contribution < -0.4 is 0 Å². The van der Waals surface area contributed by atoms with E-state index in [1.54, 1.807) is 41.3 Å². The van der Waals surface area contributed by atoms with Crippen molar-refractivity contribution in [2.24, 2.45) is 0 Å². The molecule has 7 heteroatoms. The topological polar surface area (TPSA) is 57.6 Å². The van der Waals surface area contributed by atoms with E-state index in [2.05, 4.69) is 0 Å². The van der Waals surface area contributed by atoms with Crippen molar-refractivity contribution < 1.29 is 14.7 Å². The van der Waals surface area contributed by atoms with Crippen molar-refractivity contribution in [3.63, 3.8) is 0 Å². The number of nitrogens with zero attached hydrogens (tertiary/aromatic N) is 1. The van der Waals surface area contributed by atoms with Crippen LogP contribution in [0.25, 0.3) is 5.76 Å². The lowest BCUT2D eigenvalue weighted by molar-refractivity contribution is -0.139. The number of aliphatic hydroxyl groups excluding tert-OH is 1. The number of ketones is 1. The number of amides is 1. The first-order valence-corrected chi connectivity index (χ1v) is 11.3. The molecule has 2 heterocycles. The van der Waals surface area contributed by atoms with Gasteiger partial charge in [-0.1, -0.05) is 35.3 Å². The normalized spacial score (nSPS) is 18.0. The Morgan fingerprint density at radius 1 is 1.00 bits per heavy atom. The fraction of sp³-hybridized carbons (Fsp3) is 0.167. The highest BCUT2D eigenvalue weighted by Gasteiger charge is 2.46. The summed E-state index contributed by atoms with van der Waals surface area (Å²) in [6.45, 7) is 2.28. The molecule has 4 rings (SSSR count). The average molecular weight is 472 g/mol. The van der Waals surface area contributed by atoms with Crippen molar-refractivity contribution in [3.05, 3.63) is 97.2 Å². The minimum absolute atomic E-state index is 0.106. The summed E-state index contributed by atoms with van der Waals surface area (Å²) in [5, 5.41) is 14.1. The van der Waals surface area contributed by atoms with Gasteiger partial charge in [0.25, 0.3) is 11.7 Å². The molecule has 2 aromatic carbocycles. The van der Waals surface area contributed by atoms with Crippen LogP contribution in [0.1, 0.15) is 27.6 Å². The van der Waals surface area contributed by atoms with E-state index >= 15 is 0 Å². The van der Waals surface area contributed by atoms with Gasteiger partial charge < -0.3 is 10.0 Å². The molecule has 1 aliphatic rings. The maximum Gasteiger partial charge on any atom is 0.295 e. The Morgan fingerprint density at radius 3 is 2.19 bits per heavy atom. The van der Waals surface area contributed by atoms with Gasteiger partial charge in [0.05, 0.1) is 11.6 Å². The number of rotatable bonds is 5. The molecule has 3 aromatic rings. The number of thiophene rings is 1. The van der Waals surface area contributed by atoms with Gasteiger partial charge in [-0.05, 0) is 72.3 Å². The first-order chi connectivity index (χ1) is 14.9. The Hall–Kier alpha value is -2.60. The van der Waals surface area contributed by atoms with Crippen LogP contribution >= 0.6 is 34.5 Å². The Labute approximate surface area is 194 Å². The number of hydrogen-bond donors (Lipinski definition) is 1. The molecule has 1 aromatic heterocycles. The van der Waals surface area contributed by atoms with E-state index in [0.29, 0.717) is 28.6 Å². The van der Waals surface area contributed by atoms with Crippen LogP contribution in [-0.4, -0.2) is 28.2 Å². The van der Waals surface area contributed by atoms with Crippen LogP contribution in [0.15, 0.2) is 65.6 Å². The van der Waals surface area contributed by atoms with Crippen LogP contribution in [0.4, 0.5) is 0 Å². The second-order valence-electron chi connectivity index (χ2n) is 7.34. The number of carbonyl (C=O) groups excluding carboxylic acids is 2. The summed E-state index contributed by atoms with van der Waals surface area (Å²) in [5.41, 5.74) is 2.52. The van der Waals surface area contributed by atoms with Crippen molar-refractivity contribution in [3.8, 4) is 0 Å². The molecule has 0 spiro atoms. The standard InChI is InChI=1S/C24H19Cl2NO3S/c1-14-11-13-31-23(14)20-19(21(28)16-4-8-18(26)9-5-16)22(29)24(30)27(20)12-10-15-2-6-17(25)7-3-15/h2-9,11,13,20,28H,10,12H2,1H3/b21-19-. The largest absolute Gasteiger partial charge is 0.507 e. The molecule has 1 atom stereocenters. The molecule has 0 bridgehead atoms. The second kappa shape index (κ2) is 8.87.